The van der Waals surface area contributed by atoms with Gasteiger partial charge in [-0.2, -0.15) is 0 Å². The summed E-state index contributed by atoms with van der Waals surface area (Å²) in [5.41, 5.74) is 0. The Morgan fingerprint density at radius 1 is 0.284 bits per heavy atom. The van der Waals surface area contributed by atoms with E-state index < -0.39 is 6.10 Å². The fourth-order valence-electron chi connectivity index (χ4n) is 9.44. The second-order valence-electron chi connectivity index (χ2n) is 21.6. The summed E-state index contributed by atoms with van der Waals surface area (Å²) in [5, 5.41) is 0. The molecule has 6 heteroatoms. The van der Waals surface area contributed by atoms with Crippen molar-refractivity contribution in [3.8, 4) is 0 Å². The molecule has 0 heterocycles. The average molecular weight is 1040 g/mol. The number of carbonyl (C=O) groups is 3. The molecule has 1 atom stereocenters. The zero-order valence-corrected chi connectivity index (χ0v) is 49.4. The molecule has 0 fully saturated rings. The molecule has 0 saturated carbocycles. The molecule has 0 spiro atoms. The van der Waals surface area contributed by atoms with E-state index in [9.17, 15) is 14.4 Å². The van der Waals surface area contributed by atoms with Crippen LogP contribution < -0.4 is 0 Å². The minimum atomic E-state index is -0.785. The lowest BCUT2D eigenvalue weighted by Gasteiger charge is -2.18. The first kappa shape index (κ1) is 71.1. The first-order valence-electron chi connectivity index (χ1n) is 32.3. The molecule has 6 nitrogen and oxygen atoms in total. The topological polar surface area (TPSA) is 78.9 Å². The van der Waals surface area contributed by atoms with E-state index in [1.54, 1.807) is 0 Å². The molecule has 0 rings (SSSR count). The molecule has 0 aliphatic heterocycles. The van der Waals surface area contributed by atoms with Crippen molar-refractivity contribution in [1.82, 2.24) is 0 Å². The molecule has 74 heavy (non-hydrogen) atoms. The van der Waals surface area contributed by atoms with Crippen molar-refractivity contribution in [3.63, 3.8) is 0 Å². The smallest absolute Gasteiger partial charge is 0.306 e. The third-order valence-corrected chi connectivity index (χ3v) is 14.2. The number of esters is 3. The van der Waals surface area contributed by atoms with Gasteiger partial charge in [0.2, 0.25) is 0 Å². The monoisotopic (exact) mass is 1030 g/mol. The summed E-state index contributed by atoms with van der Waals surface area (Å²) in [6, 6.07) is 0. The van der Waals surface area contributed by atoms with Gasteiger partial charge in [0.25, 0.3) is 0 Å². The van der Waals surface area contributed by atoms with E-state index >= 15 is 0 Å². The molecule has 0 aliphatic rings. The molecule has 0 aromatic carbocycles. The highest BCUT2D eigenvalue weighted by Gasteiger charge is 2.19. The molecule has 0 saturated heterocycles. The second-order valence-corrected chi connectivity index (χ2v) is 21.6. The van der Waals surface area contributed by atoms with Gasteiger partial charge in [0.05, 0.1) is 0 Å². The number of unbranched alkanes of at least 4 members (excludes halogenated alkanes) is 38. The van der Waals surface area contributed by atoms with E-state index in [-0.39, 0.29) is 31.1 Å². The van der Waals surface area contributed by atoms with E-state index in [2.05, 4.69) is 81.5 Å². The lowest BCUT2D eigenvalue weighted by molar-refractivity contribution is -0.167. The molecule has 0 aromatic heterocycles. The van der Waals surface area contributed by atoms with E-state index in [1.807, 2.05) is 0 Å². The quantitative estimate of drug-likeness (QED) is 0.0261. The minimum absolute atomic E-state index is 0.0800. The predicted molar refractivity (Wildman–Crippen MR) is 321 cm³/mol. The Kier molecular flexibility index (Phi) is 60.2. The maximum atomic E-state index is 12.9. The van der Waals surface area contributed by atoms with Crippen molar-refractivity contribution < 1.29 is 28.6 Å². The van der Waals surface area contributed by atoms with E-state index in [1.165, 1.54) is 186 Å². The number of carbonyl (C=O) groups excluding carboxylic acids is 3. The van der Waals surface area contributed by atoms with Crippen LogP contribution >= 0.6 is 0 Å². The summed E-state index contributed by atoms with van der Waals surface area (Å²) < 4.78 is 16.9. The maximum Gasteiger partial charge on any atom is 0.306 e. The van der Waals surface area contributed by atoms with Crippen LogP contribution in [0.1, 0.15) is 335 Å². The van der Waals surface area contributed by atoms with Crippen LogP contribution in [0.25, 0.3) is 0 Å². The van der Waals surface area contributed by atoms with Gasteiger partial charge in [-0.15, -0.1) is 0 Å². The third kappa shape index (κ3) is 60.0. The fraction of sp³-hybridized carbons (Fsp3) is 0.809. The lowest BCUT2D eigenvalue weighted by Crippen LogP contribution is -2.30. The Labute approximate surface area is 460 Å². The van der Waals surface area contributed by atoms with Gasteiger partial charge in [-0.3, -0.25) is 14.4 Å². The Morgan fingerprint density at radius 2 is 0.554 bits per heavy atom. The van der Waals surface area contributed by atoms with Crippen LogP contribution in [0.3, 0.4) is 0 Å². The van der Waals surface area contributed by atoms with Gasteiger partial charge in [0.1, 0.15) is 13.2 Å². The van der Waals surface area contributed by atoms with Gasteiger partial charge in [0.15, 0.2) is 6.10 Å². The van der Waals surface area contributed by atoms with Crippen molar-refractivity contribution in [2.75, 3.05) is 13.2 Å². The van der Waals surface area contributed by atoms with Gasteiger partial charge in [-0.05, 0) is 77.0 Å². The molecule has 0 N–H and O–H groups in total. The van der Waals surface area contributed by atoms with Crippen molar-refractivity contribution in [2.45, 2.75) is 341 Å². The summed E-state index contributed by atoms with van der Waals surface area (Å²) in [6.45, 7) is 6.49. The van der Waals surface area contributed by atoms with Gasteiger partial charge >= 0.3 is 17.9 Å². The number of allylic oxidation sites excluding steroid dienone is 10. The van der Waals surface area contributed by atoms with Gasteiger partial charge in [-0.1, -0.05) is 300 Å². The summed E-state index contributed by atoms with van der Waals surface area (Å²) in [7, 11) is 0. The minimum Gasteiger partial charge on any atom is -0.462 e. The molecule has 1 unspecified atom stereocenters. The normalized spacial score (nSPS) is 12.4. The molecular formula is C68H122O6. The Bertz CT molecular complexity index is 1330. The predicted octanol–water partition coefficient (Wildman–Crippen LogP) is 21.9. The second kappa shape index (κ2) is 62.6. The molecule has 0 aromatic rings. The van der Waals surface area contributed by atoms with Crippen LogP contribution in [-0.2, 0) is 28.6 Å². The van der Waals surface area contributed by atoms with Crippen LogP contribution in [0.2, 0.25) is 0 Å². The summed E-state index contributed by atoms with van der Waals surface area (Å²) in [6.07, 6.45) is 79.6. The standard InChI is InChI=1S/C68H122O6/c1-4-7-10-13-16-19-22-25-27-29-30-31-32-33-34-35-36-37-39-40-43-46-49-52-55-58-61-67(70)73-64-65(63-72-66(69)60-57-54-51-48-45-42-24-21-18-15-12-9-6-3)74-68(71)62-59-56-53-50-47-44-41-38-28-26-23-20-17-14-11-8-5-2/h8,11-12,15,17,20-21,24,26,28,65H,4-7,9-10,13-14,16,18-19,22-23,25,27,29-64H2,1-3H3/b11-8-,15-12-,20-17-,24-21-,28-26-. The Balaban J connectivity index is 4.24. The third-order valence-electron chi connectivity index (χ3n) is 14.2. The first-order chi connectivity index (χ1) is 36.5. The van der Waals surface area contributed by atoms with E-state index in [4.69, 9.17) is 14.2 Å². The average Bonchev–Trinajstić information content (AvgIpc) is 3.40. The number of ether oxygens (including phenoxy) is 3. The van der Waals surface area contributed by atoms with Crippen molar-refractivity contribution >= 4 is 17.9 Å². The summed E-state index contributed by atoms with van der Waals surface area (Å²) in [4.78, 5) is 38.3. The number of rotatable bonds is 59. The molecule has 0 bridgehead atoms. The van der Waals surface area contributed by atoms with Gasteiger partial charge < -0.3 is 14.2 Å². The van der Waals surface area contributed by atoms with E-state index in [0.717, 1.165) is 109 Å². The SMILES string of the molecule is CC/C=C\C/C=C\C/C=C\CCCCCCCCCC(=O)OC(COC(=O)CCCCCCC/C=C\C/C=C\CCC)COC(=O)CCCCCCCCCCCCCCCCCCCCCCCCCCCC. The van der Waals surface area contributed by atoms with Gasteiger partial charge in [-0.25, -0.2) is 0 Å². The fourth-order valence-corrected chi connectivity index (χ4v) is 9.44. The van der Waals surface area contributed by atoms with Crippen LogP contribution in [-0.4, -0.2) is 37.2 Å². The zero-order chi connectivity index (χ0) is 53.6. The molecule has 0 amide bonds. The summed E-state index contributed by atoms with van der Waals surface area (Å²) >= 11 is 0. The lowest BCUT2D eigenvalue weighted by atomic mass is 10.0. The molecule has 430 valence electrons. The summed E-state index contributed by atoms with van der Waals surface area (Å²) in [5.74, 6) is -0.888. The Morgan fingerprint density at radius 3 is 0.878 bits per heavy atom. The molecule has 0 radical (unpaired) electrons. The maximum absolute atomic E-state index is 12.9. The van der Waals surface area contributed by atoms with Crippen molar-refractivity contribution in [2.24, 2.45) is 0 Å². The largest absolute Gasteiger partial charge is 0.462 e. The highest BCUT2D eigenvalue weighted by Crippen LogP contribution is 2.18. The van der Waals surface area contributed by atoms with Crippen LogP contribution in [0.15, 0.2) is 60.8 Å². The van der Waals surface area contributed by atoms with E-state index in [0.29, 0.717) is 19.3 Å². The number of hydrogen-bond donors (Lipinski definition) is 0. The van der Waals surface area contributed by atoms with Crippen molar-refractivity contribution in [1.29, 1.82) is 0 Å². The molecular weight excluding hydrogens is 913 g/mol. The molecule has 0 aliphatic carbocycles. The van der Waals surface area contributed by atoms with Crippen LogP contribution in [0, 0.1) is 0 Å². The Hall–Kier alpha value is -2.89. The van der Waals surface area contributed by atoms with Gasteiger partial charge in [0, 0.05) is 19.3 Å². The highest BCUT2D eigenvalue weighted by atomic mass is 16.6. The first-order valence-corrected chi connectivity index (χ1v) is 32.3. The van der Waals surface area contributed by atoms with Crippen LogP contribution in [0.5, 0.6) is 0 Å². The van der Waals surface area contributed by atoms with Crippen LogP contribution in [0.4, 0.5) is 0 Å². The highest BCUT2D eigenvalue weighted by molar-refractivity contribution is 5.71. The zero-order valence-electron chi connectivity index (χ0n) is 49.4. The number of hydrogen-bond acceptors (Lipinski definition) is 6. The van der Waals surface area contributed by atoms with Crippen molar-refractivity contribution in [3.05, 3.63) is 60.8 Å².